The molecule has 1 amide bonds. The minimum absolute atomic E-state index is 0.150. The number of ketones is 1. The number of Topliss-reactive ketones (excluding diaryl/α,β-unsaturated/α-hetero) is 1. The Morgan fingerprint density at radius 3 is 2.25 bits per heavy atom. The Morgan fingerprint density at radius 2 is 1.54 bits per heavy atom. The summed E-state index contributed by atoms with van der Waals surface area (Å²) < 4.78 is 6.05. The number of fused-ring (bicyclic) bond motifs is 1. The summed E-state index contributed by atoms with van der Waals surface area (Å²) in [7, 11) is 0. The second kappa shape index (κ2) is 7.40. The molecule has 1 atom stereocenters. The Bertz CT molecular complexity index is 1130. The molecule has 138 valence electrons. The predicted molar refractivity (Wildman–Crippen MR) is 107 cm³/mol. The number of primary amides is 1. The van der Waals surface area contributed by atoms with Crippen LogP contribution in [0.3, 0.4) is 0 Å². The van der Waals surface area contributed by atoms with Crippen LogP contribution in [-0.2, 0) is 0 Å². The first kappa shape index (κ1) is 17.5. The van der Waals surface area contributed by atoms with Crippen molar-refractivity contribution in [3.63, 3.8) is 0 Å². The van der Waals surface area contributed by atoms with Gasteiger partial charge in [0.1, 0.15) is 5.75 Å². The zero-order valence-electron chi connectivity index (χ0n) is 15.0. The Labute approximate surface area is 161 Å². The van der Waals surface area contributed by atoms with Crippen molar-refractivity contribution >= 4 is 22.6 Å². The zero-order valence-corrected chi connectivity index (χ0v) is 15.0. The molecule has 4 rings (SSSR count). The van der Waals surface area contributed by atoms with Gasteiger partial charge in [-0.05, 0) is 30.3 Å². The highest BCUT2D eigenvalue weighted by molar-refractivity contribution is 6.10. The molecule has 0 saturated heterocycles. The summed E-state index contributed by atoms with van der Waals surface area (Å²) in [6.07, 6.45) is 0.891. The molecule has 0 aliphatic rings. The van der Waals surface area contributed by atoms with E-state index >= 15 is 0 Å². The average Bonchev–Trinajstić information content (AvgIpc) is 3.17. The maximum absolute atomic E-state index is 13.4. The third kappa shape index (κ3) is 3.38. The van der Waals surface area contributed by atoms with Crippen LogP contribution in [0.15, 0.2) is 85.1 Å². The zero-order chi connectivity index (χ0) is 19.5. The number of H-pyrrole nitrogens is 1. The van der Waals surface area contributed by atoms with Crippen LogP contribution in [0.4, 0.5) is 0 Å². The monoisotopic (exact) mass is 370 g/mol. The number of aromatic nitrogens is 1. The highest BCUT2D eigenvalue weighted by Crippen LogP contribution is 2.29. The largest absolute Gasteiger partial charge is 0.478 e. The normalized spacial score (nSPS) is 11.9. The van der Waals surface area contributed by atoms with Gasteiger partial charge in [-0.25, -0.2) is 0 Å². The predicted octanol–water partition coefficient (Wildman–Crippen LogP) is 4.27. The highest BCUT2D eigenvalue weighted by atomic mass is 16.5. The minimum Gasteiger partial charge on any atom is -0.478 e. The lowest BCUT2D eigenvalue weighted by molar-refractivity contribution is 0.0793. The summed E-state index contributed by atoms with van der Waals surface area (Å²) in [5, 5.41) is 0.848. The fourth-order valence-electron chi connectivity index (χ4n) is 3.15. The highest BCUT2D eigenvalue weighted by Gasteiger charge is 2.26. The smallest absolute Gasteiger partial charge is 0.248 e. The number of para-hydroxylation sites is 1. The first-order valence-electron chi connectivity index (χ1n) is 8.85. The summed E-state index contributed by atoms with van der Waals surface area (Å²) in [4.78, 5) is 27.8. The van der Waals surface area contributed by atoms with Crippen LogP contribution in [0, 0.1) is 0 Å². The molecule has 0 radical (unpaired) electrons. The Balaban J connectivity index is 1.71. The van der Waals surface area contributed by atoms with Crippen molar-refractivity contribution in [1.29, 1.82) is 0 Å². The van der Waals surface area contributed by atoms with Crippen molar-refractivity contribution in [3.05, 3.63) is 102 Å². The molecule has 3 N–H and O–H groups in total. The molecular formula is C23H18N2O3. The van der Waals surface area contributed by atoms with E-state index in [1.165, 1.54) is 0 Å². The van der Waals surface area contributed by atoms with E-state index < -0.39 is 12.0 Å². The fraction of sp³-hybridized carbons (Fsp3) is 0.0435. The molecule has 1 heterocycles. The maximum atomic E-state index is 13.4. The van der Waals surface area contributed by atoms with Gasteiger partial charge in [0.15, 0.2) is 6.10 Å². The quantitative estimate of drug-likeness (QED) is 0.497. The summed E-state index contributed by atoms with van der Waals surface area (Å²) in [6.45, 7) is 0. The minimum atomic E-state index is -0.820. The topological polar surface area (TPSA) is 85.2 Å². The SMILES string of the molecule is NC(=O)c1ccc(O[C@@H](C(=O)c2c[nH]c3ccccc23)c2ccccc2)cc1. The van der Waals surface area contributed by atoms with Gasteiger partial charge in [0, 0.05) is 33.8 Å². The van der Waals surface area contributed by atoms with Crippen LogP contribution in [0.1, 0.15) is 32.4 Å². The number of carbonyl (C=O) groups is 2. The van der Waals surface area contributed by atoms with Crippen molar-refractivity contribution < 1.29 is 14.3 Å². The van der Waals surface area contributed by atoms with E-state index in [2.05, 4.69) is 4.98 Å². The van der Waals surface area contributed by atoms with Gasteiger partial charge < -0.3 is 15.5 Å². The molecule has 0 bridgehead atoms. The van der Waals surface area contributed by atoms with Crippen molar-refractivity contribution in [1.82, 2.24) is 4.98 Å². The van der Waals surface area contributed by atoms with Crippen molar-refractivity contribution in [3.8, 4) is 5.75 Å². The number of hydrogen-bond donors (Lipinski definition) is 2. The molecule has 3 aromatic carbocycles. The van der Waals surface area contributed by atoms with Gasteiger partial charge in [-0.3, -0.25) is 9.59 Å². The number of hydrogen-bond acceptors (Lipinski definition) is 3. The molecule has 5 nitrogen and oxygen atoms in total. The van der Waals surface area contributed by atoms with Gasteiger partial charge in [0.25, 0.3) is 0 Å². The van der Waals surface area contributed by atoms with Gasteiger partial charge in [0.05, 0.1) is 0 Å². The number of rotatable bonds is 6. The van der Waals surface area contributed by atoms with E-state index in [0.29, 0.717) is 16.9 Å². The maximum Gasteiger partial charge on any atom is 0.248 e. The number of nitrogens with one attached hydrogen (secondary N) is 1. The number of amides is 1. The third-order valence-electron chi connectivity index (χ3n) is 4.59. The summed E-state index contributed by atoms with van der Waals surface area (Å²) in [5.41, 5.74) is 7.87. The van der Waals surface area contributed by atoms with E-state index in [0.717, 1.165) is 16.5 Å². The lowest BCUT2D eigenvalue weighted by Gasteiger charge is -2.18. The van der Waals surface area contributed by atoms with Crippen LogP contribution in [-0.4, -0.2) is 16.7 Å². The number of aromatic amines is 1. The van der Waals surface area contributed by atoms with Crippen LogP contribution >= 0.6 is 0 Å². The molecule has 0 unspecified atom stereocenters. The summed E-state index contributed by atoms with van der Waals surface area (Å²) >= 11 is 0. The summed E-state index contributed by atoms with van der Waals surface area (Å²) in [5.74, 6) is -0.185. The Hall–Kier alpha value is -3.86. The fourth-order valence-corrected chi connectivity index (χ4v) is 3.15. The Kier molecular flexibility index (Phi) is 4.64. The number of carbonyl (C=O) groups excluding carboxylic acids is 2. The lowest BCUT2D eigenvalue weighted by Crippen LogP contribution is -2.19. The Morgan fingerprint density at radius 1 is 0.857 bits per heavy atom. The molecule has 4 aromatic rings. The van der Waals surface area contributed by atoms with Gasteiger partial charge in [0.2, 0.25) is 11.7 Å². The lowest BCUT2D eigenvalue weighted by atomic mass is 9.99. The molecule has 1 aromatic heterocycles. The van der Waals surface area contributed by atoms with Gasteiger partial charge in [-0.2, -0.15) is 0 Å². The van der Waals surface area contributed by atoms with E-state index in [-0.39, 0.29) is 5.78 Å². The molecule has 28 heavy (non-hydrogen) atoms. The second-order valence-electron chi connectivity index (χ2n) is 6.41. The van der Waals surface area contributed by atoms with E-state index in [9.17, 15) is 9.59 Å². The molecule has 0 aliphatic heterocycles. The molecule has 5 heteroatoms. The molecule has 0 saturated carbocycles. The average molecular weight is 370 g/mol. The first-order valence-corrected chi connectivity index (χ1v) is 8.85. The van der Waals surface area contributed by atoms with Crippen LogP contribution in [0.2, 0.25) is 0 Å². The molecule has 0 aliphatic carbocycles. The number of nitrogens with two attached hydrogens (primary N) is 1. The van der Waals surface area contributed by atoms with Crippen molar-refractivity contribution in [2.45, 2.75) is 6.10 Å². The second-order valence-corrected chi connectivity index (χ2v) is 6.41. The van der Waals surface area contributed by atoms with E-state index in [4.69, 9.17) is 10.5 Å². The number of ether oxygens (including phenoxy) is 1. The molecule has 0 fully saturated rings. The van der Waals surface area contributed by atoms with Crippen LogP contribution < -0.4 is 10.5 Å². The summed E-state index contributed by atoms with van der Waals surface area (Å²) in [6, 6.07) is 23.4. The van der Waals surface area contributed by atoms with Crippen LogP contribution in [0.5, 0.6) is 5.75 Å². The third-order valence-corrected chi connectivity index (χ3v) is 4.59. The molecule has 0 spiro atoms. The van der Waals surface area contributed by atoms with Gasteiger partial charge >= 0.3 is 0 Å². The van der Waals surface area contributed by atoms with Crippen molar-refractivity contribution in [2.75, 3.05) is 0 Å². The van der Waals surface area contributed by atoms with Crippen molar-refractivity contribution in [2.24, 2.45) is 5.73 Å². The van der Waals surface area contributed by atoms with Gasteiger partial charge in [-0.15, -0.1) is 0 Å². The van der Waals surface area contributed by atoms with E-state index in [1.54, 1.807) is 30.5 Å². The first-order chi connectivity index (χ1) is 13.6. The van der Waals surface area contributed by atoms with Gasteiger partial charge in [-0.1, -0.05) is 48.5 Å². The standard InChI is InChI=1S/C23H18N2O3/c24-23(27)16-10-12-17(13-11-16)28-22(15-6-2-1-3-7-15)21(26)19-14-25-20-9-5-4-8-18(19)20/h1-14,22,25H,(H2,24,27)/t22-/m1/s1. The molecular weight excluding hydrogens is 352 g/mol. The van der Waals surface area contributed by atoms with E-state index in [1.807, 2.05) is 54.6 Å². The number of benzene rings is 3. The van der Waals surface area contributed by atoms with Crippen LogP contribution in [0.25, 0.3) is 10.9 Å².